The zero-order chi connectivity index (χ0) is 22.0. The maximum atomic E-state index is 12.9. The molecule has 0 spiro atoms. The Kier molecular flexibility index (Phi) is 5.74. The largest absolute Gasteiger partial charge is 0.471 e. The normalized spacial score (nSPS) is 15.2. The van der Waals surface area contributed by atoms with Crippen molar-refractivity contribution in [2.75, 3.05) is 26.2 Å². The van der Waals surface area contributed by atoms with Crippen LogP contribution in [0.15, 0.2) is 53.8 Å². The number of rotatable bonds is 6. The lowest BCUT2D eigenvalue weighted by Gasteiger charge is -2.33. The standard InChI is InChI=1S/C19H21FN6O4S/c1-23-13-17(12-21-23)31(28,29)26-10-8-24(9-11-26)19(27)18-6-7-25(22-18)14-30-16-4-2-15(20)3-5-16/h2-7,12-13H,8-11,14H2,1H3. The van der Waals surface area contributed by atoms with Crippen LogP contribution < -0.4 is 4.74 Å². The summed E-state index contributed by atoms with van der Waals surface area (Å²) in [6.07, 6.45) is 4.38. The number of hydrogen-bond acceptors (Lipinski definition) is 6. The van der Waals surface area contributed by atoms with Gasteiger partial charge in [-0.1, -0.05) is 0 Å². The van der Waals surface area contributed by atoms with Crippen molar-refractivity contribution in [3.8, 4) is 5.75 Å². The number of sulfonamides is 1. The van der Waals surface area contributed by atoms with Crippen molar-refractivity contribution < 1.29 is 22.3 Å². The molecule has 4 rings (SSSR count). The molecule has 3 heterocycles. The fourth-order valence-corrected chi connectivity index (χ4v) is 4.60. The highest BCUT2D eigenvalue weighted by molar-refractivity contribution is 7.89. The Labute approximate surface area is 178 Å². The minimum absolute atomic E-state index is 0.0655. The SMILES string of the molecule is Cn1cc(S(=O)(=O)N2CCN(C(=O)c3ccn(COc4ccc(F)cc4)n3)CC2)cn1. The topological polar surface area (TPSA) is 103 Å². The Morgan fingerprint density at radius 1 is 1.13 bits per heavy atom. The minimum Gasteiger partial charge on any atom is -0.471 e. The number of piperazine rings is 1. The molecule has 3 aromatic rings. The highest BCUT2D eigenvalue weighted by Crippen LogP contribution is 2.18. The first kappa shape index (κ1) is 21.0. The van der Waals surface area contributed by atoms with Crippen molar-refractivity contribution in [3.63, 3.8) is 0 Å². The second kappa shape index (κ2) is 8.47. The fraction of sp³-hybridized carbons (Fsp3) is 0.316. The van der Waals surface area contributed by atoms with E-state index in [1.54, 1.807) is 24.2 Å². The van der Waals surface area contributed by atoms with Gasteiger partial charge in [0.1, 0.15) is 16.5 Å². The van der Waals surface area contributed by atoms with Crippen molar-refractivity contribution in [2.45, 2.75) is 11.6 Å². The van der Waals surface area contributed by atoms with Gasteiger partial charge in [0.25, 0.3) is 5.91 Å². The molecule has 10 nitrogen and oxygen atoms in total. The van der Waals surface area contributed by atoms with Crippen LogP contribution in [-0.2, 0) is 23.8 Å². The summed E-state index contributed by atoms with van der Waals surface area (Å²) in [6, 6.07) is 7.17. The van der Waals surface area contributed by atoms with Crippen LogP contribution in [0.2, 0.25) is 0 Å². The van der Waals surface area contributed by atoms with E-state index in [1.807, 2.05) is 0 Å². The summed E-state index contributed by atoms with van der Waals surface area (Å²) in [5.41, 5.74) is 0.242. The highest BCUT2D eigenvalue weighted by atomic mass is 32.2. The van der Waals surface area contributed by atoms with Gasteiger partial charge >= 0.3 is 0 Å². The van der Waals surface area contributed by atoms with Gasteiger partial charge in [-0.2, -0.15) is 14.5 Å². The van der Waals surface area contributed by atoms with Crippen LogP contribution in [0.25, 0.3) is 0 Å². The van der Waals surface area contributed by atoms with Gasteiger partial charge in [-0.15, -0.1) is 0 Å². The molecule has 0 atom stereocenters. The number of carbonyl (C=O) groups excluding carboxylic acids is 1. The first-order valence-corrected chi connectivity index (χ1v) is 11.0. The summed E-state index contributed by atoms with van der Waals surface area (Å²) in [5, 5.41) is 8.13. The molecule has 0 N–H and O–H groups in total. The van der Waals surface area contributed by atoms with Crippen LogP contribution in [0.5, 0.6) is 5.75 Å². The van der Waals surface area contributed by atoms with Gasteiger partial charge < -0.3 is 9.64 Å². The molecule has 164 valence electrons. The van der Waals surface area contributed by atoms with Crippen molar-refractivity contribution in [2.24, 2.45) is 7.05 Å². The Morgan fingerprint density at radius 2 is 1.84 bits per heavy atom. The van der Waals surface area contributed by atoms with Crippen LogP contribution in [-0.4, -0.2) is 69.3 Å². The van der Waals surface area contributed by atoms with E-state index in [0.717, 1.165) is 0 Å². The average molecular weight is 448 g/mol. The van der Waals surface area contributed by atoms with Crippen molar-refractivity contribution >= 4 is 15.9 Å². The Bertz CT molecular complexity index is 1170. The van der Waals surface area contributed by atoms with Gasteiger partial charge in [0.15, 0.2) is 12.4 Å². The lowest BCUT2D eigenvalue weighted by Crippen LogP contribution is -2.50. The third-order valence-corrected chi connectivity index (χ3v) is 6.73. The van der Waals surface area contributed by atoms with Crippen LogP contribution >= 0.6 is 0 Å². The Balaban J connectivity index is 1.33. The number of amides is 1. The molecular formula is C19H21FN6O4S. The molecule has 0 unspecified atom stereocenters. The zero-order valence-electron chi connectivity index (χ0n) is 16.8. The summed E-state index contributed by atoms with van der Waals surface area (Å²) in [4.78, 5) is 14.4. The summed E-state index contributed by atoms with van der Waals surface area (Å²) in [6.45, 7) is 0.972. The molecule has 12 heteroatoms. The molecule has 0 aliphatic carbocycles. The number of benzene rings is 1. The molecule has 0 radical (unpaired) electrons. The first-order chi connectivity index (χ1) is 14.8. The monoisotopic (exact) mass is 448 g/mol. The maximum absolute atomic E-state index is 12.9. The summed E-state index contributed by atoms with van der Waals surface area (Å²) in [5.74, 6) is -0.151. The van der Waals surface area contributed by atoms with Gasteiger partial charge in [0, 0.05) is 45.6 Å². The predicted molar refractivity (Wildman–Crippen MR) is 107 cm³/mol. The van der Waals surface area contributed by atoms with Crippen LogP contribution in [0, 0.1) is 5.82 Å². The molecule has 1 aliphatic heterocycles. The Hall–Kier alpha value is -3.25. The lowest BCUT2D eigenvalue weighted by atomic mass is 10.3. The van der Waals surface area contributed by atoms with Gasteiger partial charge in [0.05, 0.1) is 6.20 Å². The summed E-state index contributed by atoms with van der Waals surface area (Å²) in [7, 11) is -1.98. The van der Waals surface area contributed by atoms with E-state index in [9.17, 15) is 17.6 Å². The number of nitrogens with zero attached hydrogens (tertiary/aromatic N) is 6. The van der Waals surface area contributed by atoms with Crippen molar-refractivity contribution in [1.82, 2.24) is 28.8 Å². The number of aryl methyl sites for hydroxylation is 1. The highest BCUT2D eigenvalue weighted by Gasteiger charge is 2.31. The Morgan fingerprint density at radius 3 is 2.48 bits per heavy atom. The number of hydrogen-bond donors (Lipinski definition) is 0. The molecule has 1 fully saturated rings. The van der Waals surface area contributed by atoms with E-state index in [0.29, 0.717) is 5.75 Å². The third kappa shape index (κ3) is 4.59. The zero-order valence-corrected chi connectivity index (χ0v) is 17.6. The average Bonchev–Trinajstić information content (AvgIpc) is 3.42. The van der Waals surface area contributed by atoms with E-state index in [2.05, 4.69) is 10.2 Å². The maximum Gasteiger partial charge on any atom is 0.274 e. The van der Waals surface area contributed by atoms with Crippen LogP contribution in [0.3, 0.4) is 0 Å². The second-order valence-electron chi connectivity index (χ2n) is 7.01. The molecule has 0 bridgehead atoms. The van der Waals surface area contributed by atoms with Gasteiger partial charge in [-0.05, 0) is 30.3 Å². The van der Waals surface area contributed by atoms with E-state index in [1.165, 1.54) is 50.3 Å². The fourth-order valence-electron chi connectivity index (χ4n) is 3.19. The minimum atomic E-state index is -3.63. The number of halogens is 1. The molecule has 31 heavy (non-hydrogen) atoms. The van der Waals surface area contributed by atoms with Crippen molar-refractivity contribution in [1.29, 1.82) is 0 Å². The second-order valence-corrected chi connectivity index (χ2v) is 8.95. The smallest absolute Gasteiger partial charge is 0.274 e. The summed E-state index contributed by atoms with van der Waals surface area (Å²) < 4.78 is 48.0. The number of aromatic nitrogens is 4. The third-order valence-electron chi connectivity index (χ3n) is 4.88. The van der Waals surface area contributed by atoms with Gasteiger partial charge in [0.2, 0.25) is 10.0 Å². The van der Waals surface area contributed by atoms with Crippen LogP contribution in [0.4, 0.5) is 4.39 Å². The first-order valence-electron chi connectivity index (χ1n) is 9.53. The van der Waals surface area contributed by atoms with E-state index >= 15 is 0 Å². The molecule has 0 saturated carbocycles. The molecule has 1 saturated heterocycles. The molecule has 1 aromatic carbocycles. The molecule has 1 amide bonds. The molecule has 1 aliphatic rings. The van der Waals surface area contributed by atoms with Gasteiger partial charge in [-0.3, -0.25) is 9.48 Å². The van der Waals surface area contributed by atoms with E-state index in [4.69, 9.17) is 4.74 Å². The quantitative estimate of drug-likeness (QED) is 0.556. The summed E-state index contributed by atoms with van der Waals surface area (Å²) >= 11 is 0. The number of carbonyl (C=O) groups is 1. The predicted octanol–water partition coefficient (Wildman–Crippen LogP) is 0.939. The van der Waals surface area contributed by atoms with Crippen LogP contribution in [0.1, 0.15) is 10.5 Å². The number of ether oxygens (including phenoxy) is 1. The molecular weight excluding hydrogens is 427 g/mol. The molecule has 2 aromatic heterocycles. The van der Waals surface area contributed by atoms with Crippen molar-refractivity contribution in [3.05, 3.63) is 60.4 Å². The van der Waals surface area contributed by atoms with E-state index in [-0.39, 0.29) is 55.2 Å². The van der Waals surface area contributed by atoms with Gasteiger partial charge in [-0.25, -0.2) is 17.5 Å². The van der Waals surface area contributed by atoms with E-state index < -0.39 is 10.0 Å². The lowest BCUT2D eigenvalue weighted by molar-refractivity contribution is 0.0690.